The largest absolute Gasteiger partial charge is 0.465 e. The molecular weight excluding hydrogens is 256 g/mol. The van der Waals surface area contributed by atoms with Gasteiger partial charge in [-0.3, -0.25) is 0 Å². The molecule has 0 aliphatic carbocycles. The lowest BCUT2D eigenvalue weighted by molar-refractivity contribution is 0.0601. The third-order valence-electron chi connectivity index (χ3n) is 2.88. The quantitative estimate of drug-likeness (QED) is 0.866. The first-order chi connectivity index (χ1) is 9.65. The minimum atomic E-state index is -0.517. The van der Waals surface area contributed by atoms with Crippen LogP contribution in [0.4, 0.5) is 5.69 Å². The molecular formula is C15H16N2O3. The van der Waals surface area contributed by atoms with Crippen molar-refractivity contribution < 1.29 is 14.3 Å². The maximum absolute atomic E-state index is 11.6. The van der Waals surface area contributed by atoms with Crippen LogP contribution in [0, 0.1) is 0 Å². The highest BCUT2D eigenvalue weighted by molar-refractivity contribution is 5.96. The molecule has 1 heterocycles. The zero-order valence-electron chi connectivity index (χ0n) is 11.4. The van der Waals surface area contributed by atoms with Crippen molar-refractivity contribution in [3.63, 3.8) is 0 Å². The first-order valence-electron chi connectivity index (χ1n) is 6.25. The second-order valence-electron chi connectivity index (χ2n) is 4.17. The maximum Gasteiger partial charge on any atom is 0.340 e. The number of carbonyl (C=O) groups is 1. The van der Waals surface area contributed by atoms with Gasteiger partial charge in [0.25, 0.3) is 0 Å². The fraction of sp³-hybridized carbons (Fsp3) is 0.200. The molecule has 0 aliphatic heterocycles. The van der Waals surface area contributed by atoms with E-state index in [1.807, 2.05) is 24.3 Å². The molecule has 0 radical (unpaired) electrons. The number of hydrogen-bond donors (Lipinski definition) is 1. The smallest absolute Gasteiger partial charge is 0.340 e. The normalized spacial score (nSPS) is 10.1. The molecule has 20 heavy (non-hydrogen) atoms. The van der Waals surface area contributed by atoms with Crippen molar-refractivity contribution in [1.29, 1.82) is 0 Å². The van der Waals surface area contributed by atoms with Gasteiger partial charge >= 0.3 is 5.97 Å². The van der Waals surface area contributed by atoms with Gasteiger partial charge in [0.05, 0.1) is 12.7 Å². The van der Waals surface area contributed by atoms with Crippen LogP contribution in [-0.4, -0.2) is 18.1 Å². The second-order valence-corrected chi connectivity index (χ2v) is 4.17. The van der Waals surface area contributed by atoms with E-state index in [4.69, 9.17) is 10.5 Å². The Morgan fingerprint density at radius 1 is 1.35 bits per heavy atom. The third kappa shape index (κ3) is 2.88. The molecule has 1 aromatic heterocycles. The average Bonchev–Trinajstić information content (AvgIpc) is 2.49. The van der Waals surface area contributed by atoms with Crippen LogP contribution < -0.4 is 10.5 Å². The highest BCUT2D eigenvalue weighted by Crippen LogP contribution is 2.28. The van der Waals surface area contributed by atoms with E-state index in [2.05, 4.69) is 16.6 Å². The summed E-state index contributed by atoms with van der Waals surface area (Å²) in [5, 5.41) is 0. The molecule has 0 atom stereocenters. The second kappa shape index (κ2) is 6.06. The molecule has 0 aliphatic rings. The number of aryl methyl sites for hydroxylation is 1. The van der Waals surface area contributed by atoms with Gasteiger partial charge in [0.2, 0.25) is 5.88 Å². The van der Waals surface area contributed by atoms with Gasteiger partial charge in [0.15, 0.2) is 0 Å². The van der Waals surface area contributed by atoms with Crippen LogP contribution in [0.25, 0.3) is 0 Å². The van der Waals surface area contributed by atoms with Crippen molar-refractivity contribution in [1.82, 2.24) is 4.98 Å². The minimum absolute atomic E-state index is 0.168. The Morgan fingerprint density at radius 2 is 2.15 bits per heavy atom. The van der Waals surface area contributed by atoms with E-state index in [1.165, 1.54) is 19.4 Å². The molecule has 5 nitrogen and oxygen atoms in total. The fourth-order valence-electron chi connectivity index (χ4n) is 1.76. The van der Waals surface area contributed by atoms with E-state index < -0.39 is 5.97 Å². The van der Waals surface area contributed by atoms with Crippen LogP contribution >= 0.6 is 0 Å². The molecule has 0 amide bonds. The third-order valence-corrected chi connectivity index (χ3v) is 2.88. The van der Waals surface area contributed by atoms with Gasteiger partial charge in [-0.1, -0.05) is 19.1 Å². The number of nitrogens with zero attached hydrogens (tertiary/aromatic N) is 1. The van der Waals surface area contributed by atoms with Gasteiger partial charge in [-0.15, -0.1) is 0 Å². The van der Waals surface area contributed by atoms with Crippen molar-refractivity contribution in [2.45, 2.75) is 13.3 Å². The van der Waals surface area contributed by atoms with E-state index in [-0.39, 0.29) is 17.1 Å². The molecule has 104 valence electrons. The highest BCUT2D eigenvalue weighted by atomic mass is 16.5. The number of ether oxygens (including phenoxy) is 2. The fourth-order valence-corrected chi connectivity index (χ4v) is 1.76. The van der Waals surface area contributed by atoms with Gasteiger partial charge in [0.1, 0.15) is 11.4 Å². The number of anilines is 1. The van der Waals surface area contributed by atoms with Crippen molar-refractivity contribution in [3.05, 3.63) is 47.7 Å². The van der Waals surface area contributed by atoms with Crippen molar-refractivity contribution >= 4 is 11.7 Å². The van der Waals surface area contributed by atoms with Crippen molar-refractivity contribution in [3.8, 4) is 11.6 Å². The molecule has 5 heteroatoms. The van der Waals surface area contributed by atoms with Crippen LogP contribution in [0.15, 0.2) is 36.5 Å². The number of methoxy groups -OCH3 is 1. The number of rotatable bonds is 4. The number of benzene rings is 1. The summed E-state index contributed by atoms with van der Waals surface area (Å²) in [6.07, 6.45) is 2.37. The molecule has 0 bridgehead atoms. The molecule has 0 fully saturated rings. The Bertz CT molecular complexity index is 626. The molecule has 2 aromatic rings. The zero-order chi connectivity index (χ0) is 14.5. The van der Waals surface area contributed by atoms with Gasteiger partial charge in [-0.25, -0.2) is 9.78 Å². The van der Waals surface area contributed by atoms with E-state index in [0.29, 0.717) is 5.75 Å². The molecule has 2 N–H and O–H groups in total. The number of hydrogen-bond acceptors (Lipinski definition) is 5. The van der Waals surface area contributed by atoms with E-state index in [0.717, 1.165) is 12.0 Å². The molecule has 0 spiro atoms. The summed E-state index contributed by atoms with van der Waals surface area (Å²) in [5.74, 6) is 0.309. The molecule has 1 aromatic carbocycles. The Labute approximate surface area is 117 Å². The predicted molar refractivity (Wildman–Crippen MR) is 75.9 cm³/mol. The highest BCUT2D eigenvalue weighted by Gasteiger charge is 2.15. The topological polar surface area (TPSA) is 74.4 Å². The number of nitrogen functional groups attached to an aromatic ring is 1. The van der Waals surface area contributed by atoms with Gasteiger partial charge in [-0.2, -0.15) is 0 Å². The lowest BCUT2D eigenvalue weighted by Gasteiger charge is -2.10. The number of carbonyl (C=O) groups excluding carboxylic acids is 1. The average molecular weight is 272 g/mol. The number of esters is 1. The Hall–Kier alpha value is -2.56. The van der Waals surface area contributed by atoms with E-state index in [1.54, 1.807) is 0 Å². The van der Waals surface area contributed by atoms with Crippen LogP contribution in [0.3, 0.4) is 0 Å². The molecule has 0 unspecified atom stereocenters. The van der Waals surface area contributed by atoms with Gasteiger partial charge < -0.3 is 15.2 Å². The maximum atomic E-state index is 11.6. The van der Waals surface area contributed by atoms with Crippen LogP contribution in [0.5, 0.6) is 11.6 Å². The summed E-state index contributed by atoms with van der Waals surface area (Å²) in [5.41, 5.74) is 7.44. The van der Waals surface area contributed by atoms with Gasteiger partial charge in [0, 0.05) is 6.20 Å². The Morgan fingerprint density at radius 3 is 2.85 bits per heavy atom. The first kappa shape index (κ1) is 13.9. The molecule has 2 rings (SSSR count). The molecule has 0 saturated carbocycles. The summed E-state index contributed by atoms with van der Waals surface area (Å²) < 4.78 is 10.3. The summed E-state index contributed by atoms with van der Waals surface area (Å²) in [7, 11) is 1.30. The summed E-state index contributed by atoms with van der Waals surface area (Å²) >= 11 is 0. The standard InChI is InChI=1S/C15H16N2O3/c1-3-10-5-4-6-11(9-10)20-14-13(16)12(7-8-17-14)15(18)19-2/h4-9H,3,16H2,1-2H3. The van der Waals surface area contributed by atoms with E-state index in [9.17, 15) is 4.79 Å². The first-order valence-corrected chi connectivity index (χ1v) is 6.25. The number of nitrogens with two attached hydrogens (primary N) is 1. The van der Waals surface area contributed by atoms with Crippen LogP contribution in [-0.2, 0) is 11.2 Å². The Kier molecular flexibility index (Phi) is 4.20. The lowest BCUT2D eigenvalue weighted by Crippen LogP contribution is -2.07. The predicted octanol–water partition coefficient (Wildman–Crippen LogP) is 2.81. The molecule has 0 saturated heterocycles. The summed E-state index contributed by atoms with van der Waals surface area (Å²) in [6, 6.07) is 9.12. The number of pyridine rings is 1. The summed E-state index contributed by atoms with van der Waals surface area (Å²) in [6.45, 7) is 2.06. The van der Waals surface area contributed by atoms with Gasteiger partial charge in [-0.05, 0) is 30.2 Å². The lowest BCUT2D eigenvalue weighted by atomic mass is 10.2. The SMILES string of the molecule is CCc1cccc(Oc2nccc(C(=O)OC)c2N)c1. The monoisotopic (exact) mass is 272 g/mol. The summed E-state index contributed by atoms with van der Waals surface area (Å²) in [4.78, 5) is 15.6. The van der Waals surface area contributed by atoms with Crippen LogP contribution in [0.1, 0.15) is 22.8 Å². The minimum Gasteiger partial charge on any atom is -0.465 e. The zero-order valence-corrected chi connectivity index (χ0v) is 11.4. The van der Waals surface area contributed by atoms with Crippen molar-refractivity contribution in [2.24, 2.45) is 0 Å². The van der Waals surface area contributed by atoms with E-state index >= 15 is 0 Å². The Balaban J connectivity index is 2.31. The van der Waals surface area contributed by atoms with Crippen LogP contribution in [0.2, 0.25) is 0 Å². The number of aromatic nitrogens is 1. The van der Waals surface area contributed by atoms with Crippen molar-refractivity contribution in [2.75, 3.05) is 12.8 Å².